The third-order valence-corrected chi connectivity index (χ3v) is 4.00. The second kappa shape index (κ2) is 7.53. The average Bonchev–Trinajstić information content (AvgIpc) is 2.45. The first kappa shape index (κ1) is 15.9. The number of hydrogen-bond donors (Lipinski definition) is 0. The highest BCUT2D eigenvalue weighted by Gasteiger charge is 2.10. The van der Waals surface area contributed by atoms with Crippen LogP contribution in [0.25, 0.3) is 0 Å². The van der Waals surface area contributed by atoms with Crippen molar-refractivity contribution in [3.05, 3.63) is 69.7 Å². The fourth-order valence-electron chi connectivity index (χ4n) is 2.34. The van der Waals surface area contributed by atoms with E-state index >= 15 is 0 Å². The second-order valence-electron chi connectivity index (χ2n) is 5.36. The van der Waals surface area contributed by atoms with E-state index in [9.17, 15) is 4.79 Å². The highest BCUT2D eigenvalue weighted by molar-refractivity contribution is 9.10. The van der Waals surface area contributed by atoms with E-state index in [0.29, 0.717) is 6.42 Å². The molecule has 0 aliphatic rings. The number of carbonyl (C=O) groups excluding carboxylic acids is 1. The Balaban J connectivity index is 1.88. The third kappa shape index (κ3) is 4.80. The molecule has 0 amide bonds. The maximum atomic E-state index is 12.2. The van der Waals surface area contributed by atoms with Crippen LogP contribution in [0.2, 0.25) is 0 Å². The van der Waals surface area contributed by atoms with Gasteiger partial charge in [-0.3, -0.25) is 4.79 Å². The zero-order valence-electron chi connectivity index (χ0n) is 12.5. The minimum absolute atomic E-state index is 0.217. The van der Waals surface area contributed by atoms with Crippen LogP contribution in [0.5, 0.6) is 0 Å². The Labute approximate surface area is 134 Å². The summed E-state index contributed by atoms with van der Waals surface area (Å²) in [5.41, 5.74) is 3.14. The summed E-state index contributed by atoms with van der Waals surface area (Å²) in [6.45, 7) is 3.60. The molecular weight excluding hydrogens is 326 g/mol. The minimum Gasteiger partial charge on any atom is -0.302 e. The molecule has 21 heavy (non-hydrogen) atoms. The van der Waals surface area contributed by atoms with E-state index in [0.717, 1.165) is 28.7 Å². The molecule has 3 heteroatoms. The van der Waals surface area contributed by atoms with Crippen molar-refractivity contribution in [3.8, 4) is 0 Å². The van der Waals surface area contributed by atoms with E-state index in [2.05, 4.69) is 33.0 Å². The molecule has 0 heterocycles. The van der Waals surface area contributed by atoms with Crippen molar-refractivity contribution in [2.45, 2.75) is 19.9 Å². The lowest BCUT2D eigenvalue weighted by Crippen LogP contribution is -2.21. The van der Waals surface area contributed by atoms with Gasteiger partial charge in [0.15, 0.2) is 5.78 Å². The lowest BCUT2D eigenvalue weighted by Gasteiger charge is -2.16. The predicted molar refractivity (Wildman–Crippen MR) is 90.6 cm³/mol. The number of carbonyl (C=O) groups is 1. The Morgan fingerprint density at radius 1 is 1.14 bits per heavy atom. The molecule has 0 saturated heterocycles. The number of ketones is 1. The zero-order valence-corrected chi connectivity index (χ0v) is 14.1. The highest BCUT2D eigenvalue weighted by atomic mass is 79.9. The van der Waals surface area contributed by atoms with Gasteiger partial charge in [0.25, 0.3) is 0 Å². The van der Waals surface area contributed by atoms with Crippen LogP contribution in [-0.2, 0) is 6.54 Å². The van der Waals surface area contributed by atoms with Gasteiger partial charge in [-0.1, -0.05) is 52.3 Å². The van der Waals surface area contributed by atoms with Gasteiger partial charge in [-0.05, 0) is 37.2 Å². The summed E-state index contributed by atoms with van der Waals surface area (Å²) >= 11 is 3.48. The van der Waals surface area contributed by atoms with Gasteiger partial charge >= 0.3 is 0 Å². The molecule has 0 spiro atoms. The van der Waals surface area contributed by atoms with Gasteiger partial charge in [0.1, 0.15) is 0 Å². The highest BCUT2D eigenvalue weighted by Crippen LogP contribution is 2.14. The molecule has 0 N–H and O–H groups in total. The standard InChI is InChI=1S/C18H20BrNO/c1-14-6-3-4-9-17(14)18(21)10-11-20(2)13-15-7-5-8-16(19)12-15/h3-9,12H,10-11,13H2,1-2H3. The van der Waals surface area contributed by atoms with Crippen LogP contribution in [0.15, 0.2) is 53.0 Å². The molecule has 0 radical (unpaired) electrons. The number of hydrogen-bond acceptors (Lipinski definition) is 2. The van der Waals surface area contributed by atoms with E-state index in [1.165, 1.54) is 5.56 Å². The topological polar surface area (TPSA) is 20.3 Å². The maximum absolute atomic E-state index is 12.2. The molecule has 2 rings (SSSR count). The fraction of sp³-hybridized carbons (Fsp3) is 0.278. The summed E-state index contributed by atoms with van der Waals surface area (Å²) in [6.07, 6.45) is 0.551. The van der Waals surface area contributed by atoms with Crippen molar-refractivity contribution < 1.29 is 4.79 Å². The van der Waals surface area contributed by atoms with Crippen molar-refractivity contribution in [2.75, 3.05) is 13.6 Å². The third-order valence-electron chi connectivity index (χ3n) is 3.51. The smallest absolute Gasteiger partial charge is 0.164 e. The molecule has 2 nitrogen and oxygen atoms in total. The van der Waals surface area contributed by atoms with Gasteiger partial charge in [0.2, 0.25) is 0 Å². The van der Waals surface area contributed by atoms with E-state index in [1.807, 2.05) is 50.4 Å². The molecule has 0 aliphatic carbocycles. The largest absolute Gasteiger partial charge is 0.302 e. The van der Waals surface area contributed by atoms with Gasteiger partial charge in [-0.15, -0.1) is 0 Å². The van der Waals surface area contributed by atoms with Gasteiger partial charge in [0, 0.05) is 29.5 Å². The lowest BCUT2D eigenvalue weighted by molar-refractivity contribution is 0.0967. The summed E-state index contributed by atoms with van der Waals surface area (Å²) in [5, 5.41) is 0. The van der Waals surface area contributed by atoms with Crippen LogP contribution in [-0.4, -0.2) is 24.3 Å². The molecule has 110 valence electrons. The van der Waals surface area contributed by atoms with Crippen molar-refractivity contribution in [3.63, 3.8) is 0 Å². The normalized spacial score (nSPS) is 10.9. The van der Waals surface area contributed by atoms with Gasteiger partial charge < -0.3 is 4.90 Å². The molecule has 2 aromatic rings. The van der Waals surface area contributed by atoms with Crippen molar-refractivity contribution in [1.29, 1.82) is 0 Å². The summed E-state index contributed by atoms with van der Waals surface area (Å²) in [7, 11) is 2.05. The minimum atomic E-state index is 0.217. The molecule has 2 aromatic carbocycles. The Kier molecular flexibility index (Phi) is 5.71. The van der Waals surface area contributed by atoms with Crippen LogP contribution in [0.3, 0.4) is 0 Å². The Morgan fingerprint density at radius 2 is 1.90 bits per heavy atom. The quantitative estimate of drug-likeness (QED) is 0.720. The molecule has 0 bridgehead atoms. The number of nitrogens with zero attached hydrogens (tertiary/aromatic N) is 1. The monoisotopic (exact) mass is 345 g/mol. The molecule has 0 atom stereocenters. The lowest BCUT2D eigenvalue weighted by atomic mass is 10.0. The predicted octanol–water partition coefficient (Wildman–Crippen LogP) is 4.46. The molecular formula is C18H20BrNO. The molecule has 0 aliphatic heterocycles. The summed E-state index contributed by atoms with van der Waals surface area (Å²) in [5.74, 6) is 0.217. The van der Waals surface area contributed by atoms with Crippen LogP contribution in [0, 0.1) is 6.92 Å². The number of halogens is 1. The first-order valence-corrected chi connectivity index (χ1v) is 7.87. The summed E-state index contributed by atoms with van der Waals surface area (Å²) in [6, 6.07) is 16.0. The molecule has 0 aromatic heterocycles. The first-order valence-electron chi connectivity index (χ1n) is 7.08. The van der Waals surface area contributed by atoms with Crippen LogP contribution in [0.4, 0.5) is 0 Å². The number of benzene rings is 2. The second-order valence-corrected chi connectivity index (χ2v) is 6.27. The van der Waals surface area contributed by atoms with E-state index in [1.54, 1.807) is 0 Å². The Bertz CT molecular complexity index is 624. The zero-order chi connectivity index (χ0) is 15.2. The molecule has 0 fully saturated rings. The summed E-state index contributed by atoms with van der Waals surface area (Å²) in [4.78, 5) is 14.4. The van der Waals surface area contributed by atoms with Gasteiger partial charge in [-0.2, -0.15) is 0 Å². The van der Waals surface area contributed by atoms with E-state index < -0.39 is 0 Å². The van der Waals surface area contributed by atoms with E-state index in [-0.39, 0.29) is 5.78 Å². The Hall–Kier alpha value is -1.45. The average molecular weight is 346 g/mol. The van der Waals surface area contributed by atoms with Crippen LogP contribution >= 0.6 is 15.9 Å². The first-order chi connectivity index (χ1) is 10.1. The van der Waals surface area contributed by atoms with Crippen molar-refractivity contribution in [1.82, 2.24) is 4.90 Å². The van der Waals surface area contributed by atoms with Gasteiger partial charge in [0.05, 0.1) is 0 Å². The fourth-order valence-corrected chi connectivity index (χ4v) is 2.79. The number of rotatable bonds is 6. The molecule has 0 unspecified atom stereocenters. The number of Topliss-reactive ketones (excluding diaryl/α,β-unsaturated/α-hetero) is 1. The molecule has 0 saturated carbocycles. The van der Waals surface area contributed by atoms with Gasteiger partial charge in [-0.25, -0.2) is 0 Å². The maximum Gasteiger partial charge on any atom is 0.164 e. The van der Waals surface area contributed by atoms with Crippen molar-refractivity contribution in [2.24, 2.45) is 0 Å². The number of aryl methyl sites for hydroxylation is 1. The summed E-state index contributed by atoms with van der Waals surface area (Å²) < 4.78 is 1.09. The Morgan fingerprint density at radius 3 is 2.62 bits per heavy atom. The SMILES string of the molecule is Cc1ccccc1C(=O)CCN(C)Cc1cccc(Br)c1. The van der Waals surface area contributed by atoms with Crippen molar-refractivity contribution >= 4 is 21.7 Å². The van der Waals surface area contributed by atoms with Crippen LogP contribution in [0.1, 0.15) is 27.9 Å². The van der Waals surface area contributed by atoms with Crippen LogP contribution < -0.4 is 0 Å². The van der Waals surface area contributed by atoms with E-state index in [4.69, 9.17) is 0 Å².